The first-order valence-corrected chi connectivity index (χ1v) is 13.2. The summed E-state index contributed by atoms with van der Waals surface area (Å²) in [5.41, 5.74) is 1.61. The zero-order valence-corrected chi connectivity index (χ0v) is 22.9. The largest absolute Gasteiger partial charge is 0.457 e. The summed E-state index contributed by atoms with van der Waals surface area (Å²) in [6.07, 6.45) is 7.09. The van der Waals surface area contributed by atoms with Crippen molar-refractivity contribution in [3.8, 4) is 0 Å². The van der Waals surface area contributed by atoms with Crippen molar-refractivity contribution in [3.05, 3.63) is 45.5 Å². The molecule has 5 atom stereocenters. The van der Waals surface area contributed by atoms with Gasteiger partial charge in [-0.05, 0) is 51.2 Å². The number of hydrogen-bond acceptors (Lipinski definition) is 7. The van der Waals surface area contributed by atoms with Crippen molar-refractivity contribution < 1.29 is 24.5 Å². The van der Waals surface area contributed by atoms with Crippen LogP contribution < -0.4 is 0 Å². The maximum atomic E-state index is 13.2. The fraction of sp³-hybridized carbons (Fsp3) is 0.607. The maximum Gasteiger partial charge on any atom is 0.309 e. The van der Waals surface area contributed by atoms with E-state index in [1.165, 1.54) is 0 Å². The maximum absolute atomic E-state index is 13.2. The van der Waals surface area contributed by atoms with Crippen LogP contribution in [0.3, 0.4) is 0 Å². The van der Waals surface area contributed by atoms with Crippen molar-refractivity contribution in [3.63, 3.8) is 0 Å². The molecular formula is C28H41NO5S. The first kappa shape index (κ1) is 29.1. The van der Waals surface area contributed by atoms with Crippen LogP contribution in [0, 0.1) is 24.2 Å². The molecule has 1 aliphatic rings. The molecule has 2 rings (SSSR count). The molecule has 6 nitrogen and oxygen atoms in total. The van der Waals surface area contributed by atoms with Crippen molar-refractivity contribution in [2.45, 2.75) is 92.5 Å². The number of thiazole rings is 1. The molecule has 0 fully saturated rings. The van der Waals surface area contributed by atoms with Crippen LogP contribution in [0.1, 0.15) is 77.9 Å². The Bertz CT molecular complexity index is 974. The summed E-state index contributed by atoms with van der Waals surface area (Å²) in [6.45, 7) is 12.7. The van der Waals surface area contributed by atoms with Gasteiger partial charge < -0.3 is 14.9 Å². The minimum absolute atomic E-state index is 0.116. The van der Waals surface area contributed by atoms with E-state index >= 15 is 0 Å². The zero-order chi connectivity index (χ0) is 26.3. The molecule has 1 aromatic rings. The molecule has 1 aliphatic heterocycles. The highest BCUT2D eigenvalue weighted by atomic mass is 32.1. The molecule has 35 heavy (non-hydrogen) atoms. The molecule has 2 N–H and O–H groups in total. The lowest BCUT2D eigenvalue weighted by Crippen LogP contribution is -2.45. The Labute approximate surface area is 213 Å². The van der Waals surface area contributed by atoms with Crippen molar-refractivity contribution in [2.24, 2.45) is 17.3 Å². The van der Waals surface area contributed by atoms with Crippen molar-refractivity contribution in [2.75, 3.05) is 0 Å². The Kier molecular flexibility index (Phi) is 10.6. The van der Waals surface area contributed by atoms with Crippen LogP contribution in [0.25, 0.3) is 6.08 Å². The molecule has 2 unspecified atom stereocenters. The summed E-state index contributed by atoms with van der Waals surface area (Å²) in [5, 5.41) is 24.5. The van der Waals surface area contributed by atoms with Gasteiger partial charge in [-0.1, -0.05) is 51.5 Å². The molecule has 2 heterocycles. The molecule has 0 spiro atoms. The second-order valence-electron chi connectivity index (χ2n) is 10.4. The standard InChI is InChI=1S/C28H41NO5S/c1-17-10-8-9-11-18(2)26(32)20(4)27(33)28(6,7)24(30)15-25(31)34-23(13-12-17)19(3)14-22-16-35-21(5)29-22/h8-9,12,14,16,18,20,23-24,26,30,32H,10-11,13,15H2,1-7H3/b9-8+,17-12+,19-14+/t18?,20-,23?,24+,26+/m1/s1. The number of Topliss-reactive ketones (excluding diaryl/α,β-unsaturated/α-hetero) is 1. The molecule has 0 saturated carbocycles. The van der Waals surface area contributed by atoms with Crippen LogP contribution in [0.2, 0.25) is 0 Å². The number of esters is 1. The number of ketones is 1. The number of carbonyl (C=O) groups excluding carboxylic acids is 2. The number of hydrogen-bond donors (Lipinski definition) is 2. The third kappa shape index (κ3) is 8.23. The van der Waals surface area contributed by atoms with Crippen LogP contribution in [0.4, 0.5) is 0 Å². The van der Waals surface area contributed by atoms with Gasteiger partial charge >= 0.3 is 5.97 Å². The van der Waals surface area contributed by atoms with Gasteiger partial charge in [-0.2, -0.15) is 0 Å². The van der Waals surface area contributed by atoms with E-state index in [1.54, 1.807) is 32.1 Å². The quantitative estimate of drug-likeness (QED) is 0.412. The number of cyclic esters (lactones) is 1. The lowest BCUT2D eigenvalue weighted by molar-refractivity contribution is -0.154. The number of aliphatic hydroxyl groups is 2. The summed E-state index contributed by atoms with van der Waals surface area (Å²) < 4.78 is 5.81. The molecule has 1 aromatic heterocycles. The Morgan fingerprint density at radius 3 is 2.49 bits per heavy atom. The van der Waals surface area contributed by atoms with Gasteiger partial charge in [0.15, 0.2) is 0 Å². The highest BCUT2D eigenvalue weighted by Gasteiger charge is 2.42. The van der Waals surface area contributed by atoms with Crippen molar-refractivity contribution in [1.29, 1.82) is 0 Å². The van der Waals surface area contributed by atoms with Crippen LogP contribution in [0.5, 0.6) is 0 Å². The van der Waals surface area contributed by atoms with E-state index in [-0.39, 0.29) is 18.1 Å². The Hall–Kier alpha value is -2.09. The number of allylic oxidation sites excluding steroid dienone is 3. The lowest BCUT2D eigenvalue weighted by atomic mass is 9.73. The second kappa shape index (κ2) is 12.7. The van der Waals surface area contributed by atoms with Gasteiger partial charge in [0.05, 0.1) is 34.7 Å². The molecular weight excluding hydrogens is 462 g/mol. The summed E-state index contributed by atoms with van der Waals surface area (Å²) in [6, 6.07) is 0. The monoisotopic (exact) mass is 503 g/mol. The van der Waals surface area contributed by atoms with Gasteiger partial charge in [-0.25, -0.2) is 4.98 Å². The zero-order valence-electron chi connectivity index (χ0n) is 22.1. The van der Waals surface area contributed by atoms with E-state index in [2.05, 4.69) is 17.1 Å². The van der Waals surface area contributed by atoms with E-state index in [1.807, 2.05) is 45.2 Å². The van der Waals surface area contributed by atoms with Crippen LogP contribution >= 0.6 is 11.3 Å². The number of nitrogens with zero attached hydrogens (tertiary/aromatic N) is 1. The Morgan fingerprint density at radius 1 is 1.17 bits per heavy atom. The van der Waals surface area contributed by atoms with Crippen LogP contribution in [-0.2, 0) is 14.3 Å². The molecule has 7 heteroatoms. The molecule has 0 bridgehead atoms. The fourth-order valence-corrected chi connectivity index (χ4v) is 4.80. The van der Waals surface area contributed by atoms with E-state index in [9.17, 15) is 19.8 Å². The minimum atomic E-state index is -1.23. The van der Waals surface area contributed by atoms with Crippen LogP contribution in [0.15, 0.2) is 34.8 Å². The third-order valence-corrected chi connectivity index (χ3v) is 7.72. The fourth-order valence-electron chi connectivity index (χ4n) is 4.23. The predicted octanol–water partition coefficient (Wildman–Crippen LogP) is 5.43. The number of rotatable bonds is 2. The number of aryl methyl sites for hydroxylation is 1. The van der Waals surface area contributed by atoms with Gasteiger partial charge in [0.2, 0.25) is 0 Å². The topological polar surface area (TPSA) is 96.7 Å². The van der Waals surface area contributed by atoms with Gasteiger partial charge in [0.1, 0.15) is 11.9 Å². The predicted molar refractivity (Wildman–Crippen MR) is 141 cm³/mol. The van der Waals surface area contributed by atoms with Gasteiger partial charge in [-0.15, -0.1) is 11.3 Å². The average Bonchev–Trinajstić information content (AvgIpc) is 3.21. The first-order valence-electron chi connectivity index (χ1n) is 12.3. The molecule has 0 aliphatic carbocycles. The first-order chi connectivity index (χ1) is 16.3. The van der Waals surface area contributed by atoms with Gasteiger partial charge in [0, 0.05) is 17.7 Å². The third-order valence-electron chi connectivity index (χ3n) is 6.93. The van der Waals surface area contributed by atoms with Crippen LogP contribution in [-0.4, -0.2) is 45.3 Å². The summed E-state index contributed by atoms with van der Waals surface area (Å²) in [7, 11) is 0. The average molecular weight is 504 g/mol. The number of carbonyl (C=O) groups is 2. The van der Waals surface area contributed by atoms with E-state index in [4.69, 9.17) is 4.74 Å². The molecule has 0 amide bonds. The second-order valence-corrected chi connectivity index (χ2v) is 11.5. The molecule has 0 aromatic carbocycles. The Balaban J connectivity index is 2.35. The highest BCUT2D eigenvalue weighted by molar-refractivity contribution is 7.09. The summed E-state index contributed by atoms with van der Waals surface area (Å²) in [5.74, 6) is -1.62. The Morgan fingerprint density at radius 2 is 1.86 bits per heavy atom. The highest BCUT2D eigenvalue weighted by Crippen LogP contribution is 2.32. The molecule has 194 valence electrons. The van der Waals surface area contributed by atoms with Gasteiger partial charge in [0.25, 0.3) is 0 Å². The number of aromatic nitrogens is 1. The van der Waals surface area contributed by atoms with Crippen molar-refractivity contribution in [1.82, 2.24) is 4.98 Å². The normalized spacial score (nSPS) is 32.3. The smallest absolute Gasteiger partial charge is 0.309 e. The number of aliphatic hydroxyl groups excluding tert-OH is 2. The molecule has 0 saturated heterocycles. The SMILES string of the molecule is C/C1=C\CC(/C(C)=C/c2csc(C)n2)OC(=O)C[C@H](O)C(C)(C)C(=O)[C@H](C)[C@@H](O)C(C)C/C=C/C1. The van der Waals surface area contributed by atoms with Gasteiger partial charge in [-0.3, -0.25) is 9.59 Å². The summed E-state index contributed by atoms with van der Waals surface area (Å²) >= 11 is 1.56. The minimum Gasteiger partial charge on any atom is -0.457 e. The van der Waals surface area contributed by atoms with E-state index < -0.39 is 35.6 Å². The summed E-state index contributed by atoms with van der Waals surface area (Å²) in [4.78, 5) is 30.5. The van der Waals surface area contributed by atoms with E-state index in [0.29, 0.717) is 12.8 Å². The van der Waals surface area contributed by atoms with Crippen molar-refractivity contribution >= 4 is 29.2 Å². The number of ether oxygens (including phenoxy) is 1. The lowest BCUT2D eigenvalue weighted by Gasteiger charge is -2.34. The van der Waals surface area contributed by atoms with E-state index in [0.717, 1.165) is 28.3 Å². The molecule has 0 radical (unpaired) electrons.